The normalized spacial score (nSPS) is 11.5. The van der Waals surface area contributed by atoms with Crippen molar-refractivity contribution >= 4 is 23.8 Å². The van der Waals surface area contributed by atoms with Crippen molar-refractivity contribution in [3.05, 3.63) is 90.0 Å². The van der Waals surface area contributed by atoms with Crippen LogP contribution in [0.2, 0.25) is 0 Å². The maximum atomic E-state index is 2.30. The van der Waals surface area contributed by atoms with Crippen LogP contribution in [0.25, 0.3) is 0 Å². The first-order valence-electron chi connectivity index (χ1n) is 9.36. The third-order valence-corrected chi connectivity index (χ3v) is 7.08. The molecule has 0 heterocycles. The minimum atomic E-state index is -0.602. The molecule has 0 N–H and O–H groups in total. The Balaban J connectivity index is 2.24. The van der Waals surface area contributed by atoms with Crippen LogP contribution in [0.3, 0.4) is 0 Å². The highest BCUT2D eigenvalue weighted by Crippen LogP contribution is 2.36. The van der Waals surface area contributed by atoms with Crippen LogP contribution in [0.1, 0.15) is 11.1 Å². The van der Waals surface area contributed by atoms with Crippen LogP contribution in [-0.2, 0) is 13.1 Å². The molecule has 0 aliphatic rings. The first-order valence-corrected chi connectivity index (χ1v) is 10.7. The second-order valence-electron chi connectivity index (χ2n) is 7.41. The molecule has 0 aliphatic heterocycles. The summed E-state index contributed by atoms with van der Waals surface area (Å²) >= 11 is 0. The zero-order valence-corrected chi connectivity index (χ0v) is 17.7. The van der Waals surface area contributed by atoms with Crippen LogP contribution in [0.15, 0.2) is 78.9 Å². The summed E-state index contributed by atoms with van der Waals surface area (Å²) in [6.07, 6.45) is 0. The first kappa shape index (κ1) is 19.8. The lowest BCUT2D eigenvalue weighted by molar-refractivity contribution is 0.398. The lowest BCUT2D eigenvalue weighted by atomic mass is 10.1. The summed E-state index contributed by atoms with van der Waals surface area (Å²) < 4.78 is 0. The largest absolute Gasteiger partial charge is 0.305 e. The van der Waals surface area contributed by atoms with E-state index in [1.54, 1.807) is 0 Å². The van der Waals surface area contributed by atoms with Gasteiger partial charge in [-0.15, -0.1) is 0 Å². The molecule has 0 radical (unpaired) electrons. The van der Waals surface area contributed by atoms with Crippen molar-refractivity contribution in [2.24, 2.45) is 0 Å². The molecule has 0 saturated heterocycles. The van der Waals surface area contributed by atoms with Crippen molar-refractivity contribution in [2.75, 3.05) is 28.2 Å². The minimum Gasteiger partial charge on any atom is -0.305 e. The molecule has 0 unspecified atom stereocenters. The van der Waals surface area contributed by atoms with Crippen molar-refractivity contribution < 1.29 is 0 Å². The number of benzene rings is 3. The van der Waals surface area contributed by atoms with Crippen LogP contribution < -0.4 is 15.9 Å². The van der Waals surface area contributed by atoms with Gasteiger partial charge < -0.3 is 9.80 Å². The Bertz CT molecular complexity index is 777. The molecule has 3 aromatic carbocycles. The van der Waals surface area contributed by atoms with Gasteiger partial charge in [0.25, 0.3) is 0 Å². The highest BCUT2D eigenvalue weighted by Gasteiger charge is 2.23. The molecule has 3 rings (SSSR count). The Labute approximate surface area is 165 Å². The molecular weight excluding hydrogens is 347 g/mol. The van der Waals surface area contributed by atoms with Crippen LogP contribution >= 0.6 is 7.92 Å². The van der Waals surface area contributed by atoms with E-state index in [1.807, 2.05) is 0 Å². The van der Waals surface area contributed by atoms with E-state index < -0.39 is 7.92 Å². The van der Waals surface area contributed by atoms with Gasteiger partial charge in [0.1, 0.15) is 0 Å². The molecule has 140 valence electrons. The number of hydrogen-bond acceptors (Lipinski definition) is 2. The molecule has 0 fully saturated rings. The third-order valence-electron chi connectivity index (χ3n) is 4.43. The van der Waals surface area contributed by atoms with Gasteiger partial charge in [-0.1, -0.05) is 78.9 Å². The lowest BCUT2D eigenvalue weighted by Gasteiger charge is -2.27. The van der Waals surface area contributed by atoms with E-state index in [0.29, 0.717) is 0 Å². The molecule has 0 amide bonds. The predicted octanol–water partition coefficient (Wildman–Crippen LogP) is 3.57. The van der Waals surface area contributed by atoms with Gasteiger partial charge in [-0.25, -0.2) is 0 Å². The Morgan fingerprint density at radius 1 is 0.556 bits per heavy atom. The molecule has 0 saturated carbocycles. The SMILES string of the molecule is CN(C)Cc1cccc(CN(C)C)c1P(c1ccccc1)c1ccccc1. The van der Waals surface area contributed by atoms with Crippen molar-refractivity contribution in [2.45, 2.75) is 13.1 Å². The van der Waals surface area contributed by atoms with Crippen LogP contribution in [-0.4, -0.2) is 38.0 Å². The van der Waals surface area contributed by atoms with E-state index in [9.17, 15) is 0 Å². The average Bonchev–Trinajstić information content (AvgIpc) is 2.65. The molecule has 2 nitrogen and oxygen atoms in total. The predicted molar refractivity (Wildman–Crippen MR) is 120 cm³/mol. The molecule has 3 aromatic rings. The smallest absolute Gasteiger partial charge is 0.0234 e. The monoisotopic (exact) mass is 376 g/mol. The summed E-state index contributed by atoms with van der Waals surface area (Å²) in [5.74, 6) is 0. The number of rotatable bonds is 7. The van der Waals surface area contributed by atoms with Gasteiger partial charge >= 0.3 is 0 Å². The van der Waals surface area contributed by atoms with E-state index in [1.165, 1.54) is 27.0 Å². The van der Waals surface area contributed by atoms with Gasteiger partial charge in [0.05, 0.1) is 0 Å². The van der Waals surface area contributed by atoms with Gasteiger partial charge in [-0.2, -0.15) is 0 Å². The summed E-state index contributed by atoms with van der Waals surface area (Å²) in [7, 11) is 7.99. The summed E-state index contributed by atoms with van der Waals surface area (Å²) in [6, 6.07) is 28.8. The third kappa shape index (κ3) is 5.05. The molecule has 0 aromatic heterocycles. The molecular formula is C24H29N2P. The lowest BCUT2D eigenvalue weighted by Crippen LogP contribution is -2.30. The summed E-state index contributed by atoms with van der Waals surface area (Å²) in [5, 5.41) is 4.32. The fourth-order valence-electron chi connectivity index (χ4n) is 3.43. The topological polar surface area (TPSA) is 6.48 Å². The van der Waals surface area contributed by atoms with Gasteiger partial charge in [-0.05, 0) is 63.2 Å². The fourth-order valence-corrected chi connectivity index (χ4v) is 6.05. The van der Waals surface area contributed by atoms with Crippen molar-refractivity contribution in [1.82, 2.24) is 9.80 Å². The van der Waals surface area contributed by atoms with E-state index in [0.717, 1.165) is 13.1 Å². The molecule has 0 atom stereocenters. The van der Waals surface area contributed by atoms with Gasteiger partial charge in [0.15, 0.2) is 0 Å². The first-order chi connectivity index (χ1) is 13.1. The van der Waals surface area contributed by atoms with E-state index in [2.05, 4.69) is 117 Å². The van der Waals surface area contributed by atoms with Crippen molar-refractivity contribution in [1.29, 1.82) is 0 Å². The van der Waals surface area contributed by atoms with E-state index in [-0.39, 0.29) is 0 Å². The standard InChI is InChI=1S/C24H29N2P/c1-25(2)18-20-12-11-13-21(19-26(3)4)24(20)27(22-14-7-5-8-15-22)23-16-9-6-10-17-23/h5-17H,18-19H2,1-4H3. The fraction of sp³-hybridized carbons (Fsp3) is 0.250. The Kier molecular flexibility index (Phi) is 6.79. The Morgan fingerprint density at radius 3 is 1.33 bits per heavy atom. The second-order valence-corrected chi connectivity index (χ2v) is 9.56. The zero-order chi connectivity index (χ0) is 19.2. The summed E-state index contributed by atoms with van der Waals surface area (Å²) in [6.45, 7) is 1.91. The maximum absolute atomic E-state index is 2.30. The number of hydrogen-bond donors (Lipinski definition) is 0. The van der Waals surface area contributed by atoms with Gasteiger partial charge in [-0.3, -0.25) is 0 Å². The van der Waals surface area contributed by atoms with Gasteiger partial charge in [0, 0.05) is 13.1 Å². The molecule has 0 spiro atoms. The molecule has 0 bridgehead atoms. The summed E-state index contributed by atoms with van der Waals surface area (Å²) in [4.78, 5) is 4.53. The van der Waals surface area contributed by atoms with Gasteiger partial charge in [0.2, 0.25) is 0 Å². The van der Waals surface area contributed by atoms with E-state index >= 15 is 0 Å². The van der Waals surface area contributed by atoms with Crippen molar-refractivity contribution in [3.63, 3.8) is 0 Å². The van der Waals surface area contributed by atoms with Crippen LogP contribution in [0.4, 0.5) is 0 Å². The minimum absolute atomic E-state index is 0.602. The quantitative estimate of drug-likeness (QED) is 0.582. The zero-order valence-electron chi connectivity index (χ0n) is 16.8. The molecule has 3 heteroatoms. The summed E-state index contributed by atoms with van der Waals surface area (Å²) in [5.41, 5.74) is 2.86. The second kappa shape index (κ2) is 9.28. The highest BCUT2D eigenvalue weighted by atomic mass is 31.1. The van der Waals surface area contributed by atoms with Crippen LogP contribution in [0, 0.1) is 0 Å². The number of nitrogens with zero attached hydrogens (tertiary/aromatic N) is 2. The average molecular weight is 376 g/mol. The Hall–Kier alpha value is -1.99. The maximum Gasteiger partial charge on any atom is 0.0234 e. The molecule has 0 aliphatic carbocycles. The van der Waals surface area contributed by atoms with E-state index in [4.69, 9.17) is 0 Å². The highest BCUT2D eigenvalue weighted by molar-refractivity contribution is 7.80. The molecule has 27 heavy (non-hydrogen) atoms. The van der Waals surface area contributed by atoms with Crippen LogP contribution in [0.5, 0.6) is 0 Å². The Morgan fingerprint density at radius 2 is 0.963 bits per heavy atom. The van der Waals surface area contributed by atoms with Crippen molar-refractivity contribution in [3.8, 4) is 0 Å².